The Hall–Kier alpha value is -0.540. The van der Waals surface area contributed by atoms with Crippen LogP contribution in [0.4, 0.5) is 0 Å². The average Bonchev–Trinajstić information content (AvgIpc) is 2.08. The third kappa shape index (κ3) is 1.47. The van der Waals surface area contributed by atoms with Crippen LogP contribution in [0.25, 0.3) is 0 Å². The maximum Gasteiger partial charge on any atom is 0.273 e. The van der Waals surface area contributed by atoms with Crippen molar-refractivity contribution in [2.45, 2.75) is 13.3 Å². The molecule has 0 N–H and O–H groups in total. The van der Waals surface area contributed by atoms with Crippen molar-refractivity contribution < 1.29 is 0 Å². The molecule has 0 aliphatic rings. The Balaban J connectivity index is 3.50. The SMILES string of the molecule is CCc1nc(Cl)c(Cl)c(=O)n1C. The van der Waals surface area contributed by atoms with Gasteiger partial charge in [-0.1, -0.05) is 30.1 Å². The van der Waals surface area contributed by atoms with Crippen LogP contribution in [-0.4, -0.2) is 9.55 Å². The quantitative estimate of drug-likeness (QED) is 0.656. The van der Waals surface area contributed by atoms with E-state index < -0.39 is 0 Å². The molecule has 66 valence electrons. The minimum atomic E-state index is -0.298. The fourth-order valence-corrected chi connectivity index (χ4v) is 1.25. The summed E-state index contributed by atoms with van der Waals surface area (Å²) in [5, 5.41) is 0.0629. The summed E-state index contributed by atoms with van der Waals surface area (Å²) in [6.45, 7) is 1.89. The second-order valence-electron chi connectivity index (χ2n) is 2.35. The Kier molecular flexibility index (Phi) is 2.75. The van der Waals surface area contributed by atoms with E-state index in [1.165, 1.54) is 4.57 Å². The molecule has 1 rings (SSSR count). The summed E-state index contributed by atoms with van der Waals surface area (Å²) in [4.78, 5) is 15.2. The average molecular weight is 207 g/mol. The molecule has 1 aromatic rings. The van der Waals surface area contributed by atoms with E-state index in [-0.39, 0.29) is 15.7 Å². The third-order valence-corrected chi connectivity index (χ3v) is 2.32. The van der Waals surface area contributed by atoms with Crippen molar-refractivity contribution in [3.8, 4) is 0 Å². The van der Waals surface area contributed by atoms with Gasteiger partial charge in [-0.15, -0.1) is 0 Å². The molecule has 1 heterocycles. The van der Waals surface area contributed by atoms with Crippen LogP contribution < -0.4 is 5.56 Å². The Labute approximate surface area is 79.9 Å². The van der Waals surface area contributed by atoms with Crippen LogP contribution in [0.1, 0.15) is 12.7 Å². The van der Waals surface area contributed by atoms with Crippen molar-refractivity contribution in [1.29, 1.82) is 0 Å². The highest BCUT2D eigenvalue weighted by molar-refractivity contribution is 6.41. The van der Waals surface area contributed by atoms with Gasteiger partial charge in [0.15, 0.2) is 5.15 Å². The molecule has 0 bridgehead atoms. The lowest BCUT2D eigenvalue weighted by atomic mass is 10.4. The first kappa shape index (κ1) is 9.55. The summed E-state index contributed by atoms with van der Waals surface area (Å²) >= 11 is 11.2. The van der Waals surface area contributed by atoms with Crippen LogP contribution in [0, 0.1) is 0 Å². The Morgan fingerprint density at radius 2 is 2.08 bits per heavy atom. The lowest BCUT2D eigenvalue weighted by Gasteiger charge is -2.05. The number of hydrogen-bond donors (Lipinski definition) is 0. The highest BCUT2D eigenvalue weighted by Gasteiger charge is 2.08. The van der Waals surface area contributed by atoms with Crippen LogP contribution in [-0.2, 0) is 13.5 Å². The van der Waals surface area contributed by atoms with Crippen molar-refractivity contribution in [2.75, 3.05) is 0 Å². The molecule has 0 aliphatic heterocycles. The second kappa shape index (κ2) is 3.46. The minimum absolute atomic E-state index is 0.0173. The van der Waals surface area contributed by atoms with E-state index in [0.717, 1.165) is 0 Å². The highest BCUT2D eigenvalue weighted by Crippen LogP contribution is 2.14. The van der Waals surface area contributed by atoms with Gasteiger partial charge >= 0.3 is 0 Å². The largest absolute Gasteiger partial charge is 0.298 e. The summed E-state index contributed by atoms with van der Waals surface area (Å²) in [6, 6.07) is 0. The molecule has 5 heteroatoms. The second-order valence-corrected chi connectivity index (χ2v) is 3.09. The molecule has 0 spiro atoms. The van der Waals surface area contributed by atoms with Gasteiger partial charge in [0.1, 0.15) is 10.8 Å². The van der Waals surface area contributed by atoms with Crippen molar-refractivity contribution in [3.05, 3.63) is 26.4 Å². The topological polar surface area (TPSA) is 34.9 Å². The van der Waals surface area contributed by atoms with E-state index in [4.69, 9.17) is 23.2 Å². The lowest BCUT2D eigenvalue weighted by Crippen LogP contribution is -2.22. The van der Waals surface area contributed by atoms with E-state index in [9.17, 15) is 4.79 Å². The molecule has 0 amide bonds. The van der Waals surface area contributed by atoms with Crippen LogP contribution in [0.3, 0.4) is 0 Å². The number of halogens is 2. The number of aromatic nitrogens is 2. The smallest absolute Gasteiger partial charge is 0.273 e. The standard InChI is InChI=1S/C7H8Cl2N2O/c1-3-4-10-6(9)5(8)7(12)11(4)2/h3H2,1-2H3. The maximum absolute atomic E-state index is 11.3. The van der Waals surface area contributed by atoms with Gasteiger partial charge in [0.2, 0.25) is 0 Å². The number of nitrogens with zero attached hydrogens (tertiary/aromatic N) is 2. The van der Waals surface area contributed by atoms with Gasteiger partial charge < -0.3 is 0 Å². The lowest BCUT2D eigenvalue weighted by molar-refractivity contribution is 0.737. The first-order valence-electron chi connectivity index (χ1n) is 3.48. The molecular weight excluding hydrogens is 199 g/mol. The Morgan fingerprint density at radius 3 is 2.58 bits per heavy atom. The molecule has 0 unspecified atom stereocenters. The molecule has 0 fully saturated rings. The highest BCUT2D eigenvalue weighted by atomic mass is 35.5. The number of aryl methyl sites for hydroxylation is 1. The molecule has 0 aliphatic carbocycles. The Morgan fingerprint density at radius 1 is 1.50 bits per heavy atom. The van der Waals surface area contributed by atoms with Gasteiger partial charge in [-0.05, 0) is 0 Å². The van der Waals surface area contributed by atoms with E-state index in [1.807, 2.05) is 6.92 Å². The summed E-state index contributed by atoms with van der Waals surface area (Å²) in [5.41, 5.74) is -0.298. The van der Waals surface area contributed by atoms with Crippen LogP contribution in [0.15, 0.2) is 4.79 Å². The van der Waals surface area contributed by atoms with Gasteiger partial charge in [-0.25, -0.2) is 4.98 Å². The summed E-state index contributed by atoms with van der Waals surface area (Å²) < 4.78 is 1.40. The van der Waals surface area contributed by atoms with Crippen molar-refractivity contribution in [2.24, 2.45) is 7.05 Å². The summed E-state index contributed by atoms with van der Waals surface area (Å²) in [5.74, 6) is 0.634. The predicted octanol–water partition coefficient (Wildman–Crippen LogP) is 1.65. The van der Waals surface area contributed by atoms with Gasteiger partial charge in [0.05, 0.1) is 0 Å². The molecule has 1 aromatic heterocycles. The van der Waals surface area contributed by atoms with Crippen LogP contribution in [0.5, 0.6) is 0 Å². The van der Waals surface area contributed by atoms with Gasteiger partial charge in [-0.2, -0.15) is 0 Å². The summed E-state index contributed by atoms with van der Waals surface area (Å²) in [7, 11) is 1.62. The fourth-order valence-electron chi connectivity index (χ4n) is 0.906. The first-order chi connectivity index (χ1) is 5.57. The number of rotatable bonds is 1. The monoisotopic (exact) mass is 206 g/mol. The zero-order valence-corrected chi connectivity index (χ0v) is 8.28. The van der Waals surface area contributed by atoms with Crippen LogP contribution >= 0.6 is 23.2 Å². The van der Waals surface area contributed by atoms with Gasteiger partial charge in [0.25, 0.3) is 5.56 Å². The van der Waals surface area contributed by atoms with E-state index in [2.05, 4.69) is 4.98 Å². The normalized spacial score (nSPS) is 10.3. The minimum Gasteiger partial charge on any atom is -0.298 e. The molecule has 12 heavy (non-hydrogen) atoms. The van der Waals surface area contributed by atoms with E-state index in [1.54, 1.807) is 7.05 Å². The molecule has 0 radical (unpaired) electrons. The molecule has 0 saturated carbocycles. The number of hydrogen-bond acceptors (Lipinski definition) is 2. The first-order valence-corrected chi connectivity index (χ1v) is 4.24. The molecule has 0 saturated heterocycles. The maximum atomic E-state index is 11.3. The van der Waals surface area contributed by atoms with Crippen LogP contribution in [0.2, 0.25) is 10.2 Å². The molecular formula is C7H8Cl2N2O. The van der Waals surface area contributed by atoms with Crippen molar-refractivity contribution >= 4 is 23.2 Å². The molecule has 0 atom stereocenters. The van der Waals surface area contributed by atoms with E-state index in [0.29, 0.717) is 12.2 Å². The third-order valence-electron chi connectivity index (χ3n) is 1.60. The Bertz CT molecular complexity index is 359. The zero-order chi connectivity index (χ0) is 9.30. The molecule has 0 aromatic carbocycles. The van der Waals surface area contributed by atoms with Crippen molar-refractivity contribution in [1.82, 2.24) is 9.55 Å². The molecule has 3 nitrogen and oxygen atoms in total. The van der Waals surface area contributed by atoms with Gasteiger partial charge in [-0.3, -0.25) is 9.36 Å². The van der Waals surface area contributed by atoms with Gasteiger partial charge in [0, 0.05) is 13.5 Å². The zero-order valence-electron chi connectivity index (χ0n) is 6.77. The predicted molar refractivity (Wildman–Crippen MR) is 48.9 cm³/mol. The van der Waals surface area contributed by atoms with E-state index >= 15 is 0 Å². The fraction of sp³-hybridized carbons (Fsp3) is 0.429. The summed E-state index contributed by atoms with van der Waals surface area (Å²) in [6.07, 6.45) is 0.655. The van der Waals surface area contributed by atoms with Crippen molar-refractivity contribution in [3.63, 3.8) is 0 Å².